The lowest BCUT2D eigenvalue weighted by molar-refractivity contribution is 0.0746. The number of fused-ring (bicyclic) bond motifs is 6. The zero-order valence-electron chi connectivity index (χ0n) is 25.7. The molecule has 2 saturated heterocycles. The van der Waals surface area contributed by atoms with Crippen LogP contribution >= 0.6 is 0 Å². The van der Waals surface area contributed by atoms with Crippen molar-refractivity contribution in [3.05, 3.63) is 75.9 Å². The highest BCUT2D eigenvalue weighted by Gasteiger charge is 2.27. The van der Waals surface area contributed by atoms with Gasteiger partial charge >= 0.3 is 0 Å². The molecule has 0 radical (unpaired) electrons. The quantitative estimate of drug-likeness (QED) is 0.308. The number of carbonyl (C=O) groups is 2. The lowest BCUT2D eigenvalue weighted by Crippen LogP contribution is -2.49. The summed E-state index contributed by atoms with van der Waals surface area (Å²) in [7, 11) is 1.88. The van der Waals surface area contributed by atoms with E-state index in [-0.39, 0.29) is 29.6 Å². The van der Waals surface area contributed by atoms with Gasteiger partial charge < -0.3 is 34.1 Å². The molecule has 12 nitrogen and oxygen atoms in total. The third-order valence-corrected chi connectivity index (χ3v) is 9.43. The van der Waals surface area contributed by atoms with Crippen LogP contribution in [0.5, 0.6) is 11.5 Å². The summed E-state index contributed by atoms with van der Waals surface area (Å²) >= 11 is 0. The summed E-state index contributed by atoms with van der Waals surface area (Å²) in [5.74, 6) is 1.52. The molecular formula is C34H35N7O5. The third kappa shape index (κ3) is 4.71. The molecule has 2 aromatic carbocycles. The zero-order chi connectivity index (χ0) is 31.4. The van der Waals surface area contributed by atoms with Gasteiger partial charge in [0.25, 0.3) is 11.8 Å². The van der Waals surface area contributed by atoms with Gasteiger partial charge in [-0.2, -0.15) is 0 Å². The number of benzene rings is 2. The summed E-state index contributed by atoms with van der Waals surface area (Å²) in [5.41, 5.74) is 3.12. The van der Waals surface area contributed by atoms with Gasteiger partial charge in [-0.25, -0.2) is 4.98 Å². The number of nitrogens with one attached hydrogen (secondary N) is 1. The van der Waals surface area contributed by atoms with Gasteiger partial charge in [0.1, 0.15) is 17.0 Å². The number of rotatable bonds is 6. The van der Waals surface area contributed by atoms with Crippen molar-refractivity contribution < 1.29 is 19.1 Å². The van der Waals surface area contributed by atoms with Gasteiger partial charge in [-0.1, -0.05) is 12.1 Å². The van der Waals surface area contributed by atoms with Crippen LogP contribution in [0.1, 0.15) is 33.6 Å². The SMILES string of the molecule is Cn1c2ccccc2n2c3nc(N4CCN(C(=O)c5ccc6c(c5)OCO6)CC4)ccc3c(=O)c(C(=O)NCCN3CCCC3)c12. The minimum Gasteiger partial charge on any atom is -0.454 e. The molecule has 3 aliphatic heterocycles. The summed E-state index contributed by atoms with van der Waals surface area (Å²) in [6.45, 7) is 5.70. The number of nitrogens with zero attached hydrogens (tertiary/aromatic N) is 6. The Hall–Kier alpha value is -5.10. The number of likely N-dealkylation sites (tertiary alicyclic amines) is 1. The van der Waals surface area contributed by atoms with Gasteiger partial charge in [-0.15, -0.1) is 0 Å². The second-order valence-electron chi connectivity index (χ2n) is 12.1. The molecule has 0 atom stereocenters. The lowest BCUT2D eigenvalue weighted by Gasteiger charge is -2.35. The maximum atomic E-state index is 14.0. The first-order valence-electron chi connectivity index (χ1n) is 15.9. The van der Waals surface area contributed by atoms with Crippen LogP contribution in [-0.4, -0.2) is 94.7 Å². The van der Waals surface area contributed by atoms with Crippen LogP contribution in [0.4, 0.5) is 5.82 Å². The highest BCUT2D eigenvalue weighted by atomic mass is 16.7. The number of carbonyl (C=O) groups excluding carboxylic acids is 2. The standard InChI is InChI=1S/C34H35N7O5/c1-37-24-6-2-3-7-25(24)41-31-23(30(42)29(33(37)41)32(43)35-12-15-38-13-4-5-14-38)9-11-28(36-31)39-16-18-40(19-17-39)34(44)22-8-10-26-27(20-22)46-21-45-26/h2-3,6-11,20H,4-5,12-19,21H2,1H3,(H,35,43). The summed E-state index contributed by atoms with van der Waals surface area (Å²) in [6.07, 6.45) is 2.36. The minimum absolute atomic E-state index is 0.0559. The average molecular weight is 622 g/mol. The number of aryl methyl sites for hydroxylation is 1. The third-order valence-electron chi connectivity index (χ3n) is 9.43. The number of anilines is 1. The predicted molar refractivity (Wildman–Crippen MR) is 174 cm³/mol. The van der Waals surface area contributed by atoms with Crippen LogP contribution in [0.3, 0.4) is 0 Å². The van der Waals surface area contributed by atoms with Crippen LogP contribution in [-0.2, 0) is 7.05 Å². The smallest absolute Gasteiger partial charge is 0.259 e. The predicted octanol–water partition coefficient (Wildman–Crippen LogP) is 2.86. The zero-order valence-corrected chi connectivity index (χ0v) is 25.7. The second kappa shape index (κ2) is 11.4. The number of pyridine rings is 2. The number of para-hydroxylation sites is 2. The fourth-order valence-corrected chi connectivity index (χ4v) is 6.99. The second-order valence-corrected chi connectivity index (χ2v) is 12.1. The van der Waals surface area contributed by atoms with E-state index in [0.717, 1.165) is 30.7 Å². The van der Waals surface area contributed by atoms with Crippen LogP contribution in [0, 0.1) is 0 Å². The molecule has 0 unspecified atom stereocenters. The monoisotopic (exact) mass is 621 g/mol. The molecule has 1 N–H and O–H groups in total. The van der Waals surface area contributed by atoms with Crippen molar-refractivity contribution >= 4 is 45.3 Å². The number of aromatic nitrogens is 3. The number of amides is 2. The largest absolute Gasteiger partial charge is 0.454 e. The molecule has 0 aliphatic carbocycles. The van der Waals surface area contributed by atoms with E-state index in [1.54, 1.807) is 24.3 Å². The molecule has 46 heavy (non-hydrogen) atoms. The van der Waals surface area contributed by atoms with Crippen LogP contribution in [0.15, 0.2) is 59.4 Å². The first-order chi connectivity index (χ1) is 22.5. The fraction of sp³-hybridized carbons (Fsp3) is 0.353. The molecule has 12 heteroatoms. The van der Waals surface area contributed by atoms with Gasteiger partial charge in [0.15, 0.2) is 17.1 Å². The Morgan fingerprint density at radius 3 is 2.46 bits per heavy atom. The van der Waals surface area contributed by atoms with Crippen molar-refractivity contribution in [3.8, 4) is 11.5 Å². The first kappa shape index (κ1) is 28.4. The number of imidazole rings is 1. The number of hydrogen-bond donors (Lipinski definition) is 1. The van der Waals surface area contributed by atoms with Crippen molar-refractivity contribution in [3.63, 3.8) is 0 Å². The minimum atomic E-state index is -0.373. The van der Waals surface area contributed by atoms with E-state index in [0.29, 0.717) is 72.3 Å². The fourth-order valence-electron chi connectivity index (χ4n) is 6.99. The van der Waals surface area contributed by atoms with E-state index >= 15 is 0 Å². The Balaban J connectivity index is 1.11. The number of ether oxygens (including phenoxy) is 2. The molecule has 236 valence electrons. The normalized spacial score (nSPS) is 16.6. The van der Waals surface area contributed by atoms with Crippen molar-refractivity contribution in [2.24, 2.45) is 7.05 Å². The Morgan fingerprint density at radius 1 is 0.891 bits per heavy atom. The summed E-state index contributed by atoms with van der Waals surface area (Å²) in [6, 6.07) is 16.7. The van der Waals surface area contributed by atoms with Crippen LogP contribution in [0.25, 0.3) is 27.7 Å². The van der Waals surface area contributed by atoms with Gasteiger partial charge in [-0.3, -0.25) is 18.8 Å². The van der Waals surface area contributed by atoms with E-state index < -0.39 is 0 Å². The maximum Gasteiger partial charge on any atom is 0.259 e. The average Bonchev–Trinajstić information content (AvgIpc) is 3.85. The van der Waals surface area contributed by atoms with Crippen LogP contribution in [0.2, 0.25) is 0 Å². The molecule has 0 bridgehead atoms. The summed E-state index contributed by atoms with van der Waals surface area (Å²) in [4.78, 5) is 52.3. The molecule has 3 aliphatic rings. The van der Waals surface area contributed by atoms with E-state index in [9.17, 15) is 14.4 Å². The molecular weight excluding hydrogens is 586 g/mol. The summed E-state index contributed by atoms with van der Waals surface area (Å²) in [5, 5.41) is 3.40. The highest BCUT2D eigenvalue weighted by Crippen LogP contribution is 2.33. The van der Waals surface area contributed by atoms with Gasteiger partial charge in [-0.05, 0) is 68.4 Å². The van der Waals surface area contributed by atoms with E-state index in [1.165, 1.54) is 12.8 Å². The van der Waals surface area contributed by atoms with Crippen molar-refractivity contribution in [1.82, 2.24) is 29.1 Å². The van der Waals surface area contributed by atoms with Crippen molar-refractivity contribution in [2.45, 2.75) is 12.8 Å². The molecule has 5 aromatic rings. The topological polar surface area (TPSA) is 114 Å². The molecule has 0 spiro atoms. The number of hydrogen-bond acceptors (Lipinski definition) is 8. The van der Waals surface area contributed by atoms with Gasteiger partial charge in [0.2, 0.25) is 12.2 Å². The van der Waals surface area contributed by atoms with E-state index in [2.05, 4.69) is 15.1 Å². The Kier molecular flexibility index (Phi) is 7.01. The van der Waals surface area contributed by atoms with Crippen molar-refractivity contribution in [1.29, 1.82) is 0 Å². The number of piperazine rings is 1. The molecule has 6 heterocycles. The van der Waals surface area contributed by atoms with Crippen molar-refractivity contribution in [2.75, 3.05) is 64.1 Å². The Morgan fingerprint density at radius 2 is 1.65 bits per heavy atom. The Bertz CT molecular complexity index is 2070. The molecule has 8 rings (SSSR count). The molecule has 2 amide bonds. The Labute approximate surface area is 264 Å². The molecule has 2 fully saturated rings. The van der Waals surface area contributed by atoms with E-state index in [1.807, 2.05) is 51.2 Å². The first-order valence-corrected chi connectivity index (χ1v) is 15.9. The molecule has 0 saturated carbocycles. The molecule has 3 aromatic heterocycles. The summed E-state index contributed by atoms with van der Waals surface area (Å²) < 4.78 is 14.7. The van der Waals surface area contributed by atoms with Gasteiger partial charge in [0.05, 0.1) is 16.4 Å². The van der Waals surface area contributed by atoms with E-state index in [4.69, 9.17) is 14.5 Å². The van der Waals surface area contributed by atoms with Gasteiger partial charge in [0, 0.05) is 51.9 Å². The lowest BCUT2D eigenvalue weighted by atomic mass is 10.1. The maximum absolute atomic E-state index is 14.0. The van der Waals surface area contributed by atoms with Crippen LogP contribution < -0.4 is 25.1 Å². The highest BCUT2D eigenvalue weighted by molar-refractivity contribution is 6.06.